The van der Waals surface area contributed by atoms with Crippen LogP contribution in [0.4, 0.5) is 0 Å². The van der Waals surface area contributed by atoms with Crippen LogP contribution in [0.15, 0.2) is 0 Å². The van der Waals surface area contributed by atoms with Crippen molar-refractivity contribution in [2.45, 2.75) is 27.2 Å². The van der Waals surface area contributed by atoms with Crippen molar-refractivity contribution in [2.24, 2.45) is 5.92 Å². The Balaban J connectivity index is 4.13. The Kier molecular flexibility index (Phi) is 7.47. The second kappa shape index (κ2) is 7.41. The highest BCUT2D eigenvalue weighted by molar-refractivity contribution is 7.53. The van der Waals surface area contributed by atoms with E-state index in [4.69, 9.17) is 14.2 Å². The van der Waals surface area contributed by atoms with E-state index >= 15 is 0 Å². The predicted molar refractivity (Wildman–Crippen MR) is 56.6 cm³/mol. The summed E-state index contributed by atoms with van der Waals surface area (Å²) in [6.45, 7) is 6.41. The van der Waals surface area contributed by atoms with E-state index in [0.717, 1.165) is 0 Å². The fraction of sp³-hybridized carbons (Fsp3) is 1.00. The van der Waals surface area contributed by atoms with Crippen molar-refractivity contribution < 1.29 is 18.7 Å². The van der Waals surface area contributed by atoms with Crippen LogP contribution in [-0.2, 0) is 13.6 Å². The van der Waals surface area contributed by atoms with Crippen LogP contribution < -0.4 is 0 Å². The molecule has 0 radical (unpaired) electrons. The van der Waals surface area contributed by atoms with Gasteiger partial charge in [0.1, 0.15) is 0 Å². The maximum absolute atomic E-state index is 12.0. The first-order valence-corrected chi connectivity index (χ1v) is 6.79. The van der Waals surface area contributed by atoms with Crippen molar-refractivity contribution in [2.75, 3.05) is 26.0 Å². The largest absolute Gasteiger partial charge is 0.396 e. The van der Waals surface area contributed by atoms with Crippen molar-refractivity contribution in [3.63, 3.8) is 0 Å². The van der Waals surface area contributed by atoms with E-state index in [9.17, 15) is 4.57 Å². The van der Waals surface area contributed by atoms with Gasteiger partial charge in [-0.1, -0.05) is 6.92 Å². The topological polar surface area (TPSA) is 55.8 Å². The van der Waals surface area contributed by atoms with Gasteiger partial charge in [0.15, 0.2) is 0 Å². The van der Waals surface area contributed by atoms with Gasteiger partial charge in [-0.05, 0) is 26.2 Å². The van der Waals surface area contributed by atoms with Crippen LogP contribution in [0, 0.1) is 5.92 Å². The Morgan fingerprint density at radius 1 is 1.29 bits per heavy atom. The van der Waals surface area contributed by atoms with Crippen LogP contribution in [0.3, 0.4) is 0 Å². The molecule has 0 aromatic carbocycles. The molecule has 1 unspecified atom stereocenters. The molecule has 0 aliphatic carbocycles. The summed E-state index contributed by atoms with van der Waals surface area (Å²) in [5.41, 5.74) is 0. The van der Waals surface area contributed by atoms with Gasteiger partial charge >= 0.3 is 7.60 Å². The summed E-state index contributed by atoms with van der Waals surface area (Å²) in [6, 6.07) is 0. The van der Waals surface area contributed by atoms with Crippen molar-refractivity contribution in [1.82, 2.24) is 0 Å². The zero-order chi connectivity index (χ0) is 11.0. The van der Waals surface area contributed by atoms with Crippen LogP contribution in [-0.4, -0.2) is 31.1 Å². The lowest BCUT2D eigenvalue weighted by Crippen LogP contribution is -2.09. The van der Waals surface area contributed by atoms with Crippen LogP contribution in [0.1, 0.15) is 27.2 Å². The first kappa shape index (κ1) is 14.1. The molecule has 86 valence electrons. The lowest BCUT2D eigenvalue weighted by atomic mass is 10.1. The summed E-state index contributed by atoms with van der Waals surface area (Å²) in [5.74, 6) is 0.156. The van der Waals surface area contributed by atoms with Crippen LogP contribution in [0.2, 0.25) is 0 Å². The molecule has 1 atom stereocenters. The molecule has 0 saturated carbocycles. The van der Waals surface area contributed by atoms with E-state index in [1.807, 2.05) is 6.92 Å². The Hall–Kier alpha value is 0.110. The van der Waals surface area contributed by atoms with E-state index < -0.39 is 7.60 Å². The van der Waals surface area contributed by atoms with Crippen molar-refractivity contribution in [1.29, 1.82) is 0 Å². The monoisotopic (exact) mass is 224 g/mol. The predicted octanol–water partition coefficient (Wildman–Crippen LogP) is 2.27. The Morgan fingerprint density at radius 2 is 1.79 bits per heavy atom. The normalized spacial score (nSPS) is 14.3. The molecule has 0 bridgehead atoms. The van der Waals surface area contributed by atoms with Crippen LogP contribution in [0.5, 0.6) is 0 Å². The van der Waals surface area contributed by atoms with E-state index in [1.54, 1.807) is 13.8 Å². The van der Waals surface area contributed by atoms with Gasteiger partial charge in [0.05, 0.1) is 19.4 Å². The molecule has 0 aromatic rings. The molecular formula is C9H21O4P. The highest BCUT2D eigenvalue weighted by Crippen LogP contribution is 2.49. The van der Waals surface area contributed by atoms with Gasteiger partial charge in [-0.25, -0.2) is 0 Å². The molecule has 0 spiro atoms. The molecule has 0 saturated heterocycles. The zero-order valence-corrected chi connectivity index (χ0v) is 10.1. The van der Waals surface area contributed by atoms with E-state index in [0.29, 0.717) is 25.8 Å². The quantitative estimate of drug-likeness (QED) is 0.642. The maximum Gasteiger partial charge on any atom is 0.330 e. The third-order valence-corrected chi connectivity index (χ3v) is 4.18. The van der Waals surface area contributed by atoms with Gasteiger partial charge in [-0.15, -0.1) is 0 Å². The van der Waals surface area contributed by atoms with Crippen molar-refractivity contribution in [3.05, 3.63) is 0 Å². The number of aliphatic hydroxyl groups excluding tert-OH is 1. The van der Waals surface area contributed by atoms with Gasteiger partial charge in [0, 0.05) is 6.61 Å². The third-order valence-electron chi connectivity index (χ3n) is 1.81. The van der Waals surface area contributed by atoms with Crippen LogP contribution in [0.25, 0.3) is 0 Å². The van der Waals surface area contributed by atoms with Crippen molar-refractivity contribution >= 4 is 7.60 Å². The van der Waals surface area contributed by atoms with E-state index in [2.05, 4.69) is 0 Å². The highest BCUT2D eigenvalue weighted by Gasteiger charge is 2.25. The molecule has 0 aliphatic rings. The lowest BCUT2D eigenvalue weighted by molar-refractivity contribution is 0.212. The second-order valence-electron chi connectivity index (χ2n) is 3.25. The van der Waals surface area contributed by atoms with Crippen LogP contribution >= 0.6 is 7.60 Å². The summed E-state index contributed by atoms with van der Waals surface area (Å²) >= 11 is 0. The van der Waals surface area contributed by atoms with Crippen molar-refractivity contribution in [3.8, 4) is 0 Å². The maximum atomic E-state index is 12.0. The average Bonchev–Trinajstić information content (AvgIpc) is 2.04. The van der Waals surface area contributed by atoms with Gasteiger partial charge in [0.25, 0.3) is 0 Å². The minimum atomic E-state index is -2.92. The second-order valence-corrected chi connectivity index (χ2v) is 5.35. The number of hydrogen-bond acceptors (Lipinski definition) is 4. The molecule has 0 aliphatic heterocycles. The third kappa shape index (κ3) is 5.76. The molecule has 0 heterocycles. The minimum Gasteiger partial charge on any atom is -0.396 e. The first-order valence-electron chi connectivity index (χ1n) is 5.07. The molecular weight excluding hydrogens is 203 g/mol. The highest BCUT2D eigenvalue weighted by atomic mass is 31.2. The molecule has 0 aromatic heterocycles. The summed E-state index contributed by atoms with van der Waals surface area (Å²) < 4.78 is 22.2. The number of hydrogen-bond donors (Lipinski definition) is 1. The molecule has 0 amide bonds. The molecule has 4 nitrogen and oxygen atoms in total. The first-order chi connectivity index (χ1) is 6.58. The molecule has 1 N–H and O–H groups in total. The summed E-state index contributed by atoms with van der Waals surface area (Å²) in [6.07, 6.45) is 1.01. The SMILES string of the molecule is CCOP(=O)(CC(C)CCO)OCC. The zero-order valence-electron chi connectivity index (χ0n) is 9.23. The molecule has 5 heteroatoms. The standard InChI is InChI=1S/C9H21O4P/c1-4-12-14(11,13-5-2)8-9(3)6-7-10/h9-10H,4-8H2,1-3H3. The lowest BCUT2D eigenvalue weighted by Gasteiger charge is -2.20. The molecule has 0 rings (SSSR count). The smallest absolute Gasteiger partial charge is 0.330 e. The van der Waals surface area contributed by atoms with E-state index in [-0.39, 0.29) is 12.5 Å². The Morgan fingerprint density at radius 3 is 2.14 bits per heavy atom. The summed E-state index contributed by atoms with van der Waals surface area (Å²) in [5, 5.41) is 8.72. The Bertz CT molecular complexity index is 174. The fourth-order valence-corrected chi connectivity index (χ4v) is 3.25. The number of rotatable bonds is 8. The van der Waals surface area contributed by atoms with Gasteiger partial charge < -0.3 is 14.2 Å². The average molecular weight is 224 g/mol. The Labute approximate surface area is 86.1 Å². The molecule has 0 fully saturated rings. The van der Waals surface area contributed by atoms with Gasteiger partial charge in [0.2, 0.25) is 0 Å². The van der Waals surface area contributed by atoms with E-state index in [1.165, 1.54) is 0 Å². The van der Waals surface area contributed by atoms with Gasteiger partial charge in [-0.3, -0.25) is 4.57 Å². The van der Waals surface area contributed by atoms with Gasteiger partial charge in [-0.2, -0.15) is 0 Å². The molecule has 14 heavy (non-hydrogen) atoms. The minimum absolute atomic E-state index is 0.111. The number of aliphatic hydroxyl groups is 1. The fourth-order valence-electron chi connectivity index (χ4n) is 1.23. The summed E-state index contributed by atoms with van der Waals surface area (Å²) in [7, 11) is -2.92. The summed E-state index contributed by atoms with van der Waals surface area (Å²) in [4.78, 5) is 0.